The molecule has 0 aromatic rings. The zero-order chi connectivity index (χ0) is 18.4. The third-order valence-electron chi connectivity index (χ3n) is 4.32. The van der Waals surface area contributed by atoms with Crippen molar-refractivity contribution in [1.82, 2.24) is 0 Å². The maximum atomic E-state index is 9.64. The zero-order valence-electron chi connectivity index (χ0n) is 15.9. The smallest absolute Gasteiger partial charge is 0.0771 e. The van der Waals surface area contributed by atoms with Crippen molar-refractivity contribution >= 4 is 0 Å². The van der Waals surface area contributed by atoms with E-state index < -0.39 is 18.3 Å². The Morgan fingerprint density at radius 1 is 0.625 bits per heavy atom. The van der Waals surface area contributed by atoms with Crippen molar-refractivity contribution in [3.8, 4) is 0 Å². The van der Waals surface area contributed by atoms with E-state index in [1.807, 2.05) is 27.7 Å². The number of hydrogen-bond donors (Lipinski definition) is 3. The predicted octanol–water partition coefficient (Wildman–Crippen LogP) is 1.75. The molecule has 0 aliphatic heterocycles. The fourth-order valence-electron chi connectivity index (χ4n) is 2.02. The molecule has 0 fully saturated rings. The van der Waals surface area contributed by atoms with E-state index in [-0.39, 0.29) is 25.2 Å². The van der Waals surface area contributed by atoms with Crippen LogP contribution in [0, 0.1) is 5.41 Å². The summed E-state index contributed by atoms with van der Waals surface area (Å²) in [5.74, 6) is 0. The van der Waals surface area contributed by atoms with E-state index in [1.165, 1.54) is 0 Å². The van der Waals surface area contributed by atoms with Crippen molar-refractivity contribution in [1.29, 1.82) is 0 Å². The minimum absolute atomic E-state index is 0.285. The average Bonchev–Trinajstić information content (AvgIpc) is 2.60. The fraction of sp³-hybridized carbons (Fsp3) is 1.00. The van der Waals surface area contributed by atoms with Crippen molar-refractivity contribution in [2.45, 2.75) is 71.7 Å². The molecule has 24 heavy (non-hydrogen) atoms. The molecular weight excluding hydrogens is 312 g/mol. The van der Waals surface area contributed by atoms with Gasteiger partial charge in [-0.2, -0.15) is 0 Å². The molecule has 0 saturated heterocycles. The minimum Gasteiger partial charge on any atom is -0.391 e. The van der Waals surface area contributed by atoms with Crippen molar-refractivity contribution in [2.24, 2.45) is 5.41 Å². The van der Waals surface area contributed by atoms with Gasteiger partial charge in [-0.15, -0.1) is 0 Å². The van der Waals surface area contributed by atoms with E-state index in [1.54, 1.807) is 0 Å². The van der Waals surface area contributed by atoms with Crippen LogP contribution in [0.1, 0.15) is 53.4 Å². The first-order chi connectivity index (χ1) is 11.4. The molecule has 3 N–H and O–H groups in total. The summed E-state index contributed by atoms with van der Waals surface area (Å²) in [5, 5.41) is 28.9. The molecule has 0 aromatic heterocycles. The van der Waals surface area contributed by atoms with E-state index in [0.29, 0.717) is 39.1 Å². The van der Waals surface area contributed by atoms with Gasteiger partial charge in [0.25, 0.3) is 0 Å². The molecule has 3 unspecified atom stereocenters. The largest absolute Gasteiger partial charge is 0.391 e. The molecule has 0 aliphatic rings. The van der Waals surface area contributed by atoms with E-state index in [9.17, 15) is 15.3 Å². The van der Waals surface area contributed by atoms with E-state index in [0.717, 1.165) is 6.42 Å². The highest BCUT2D eigenvalue weighted by Crippen LogP contribution is 2.24. The first-order valence-electron chi connectivity index (χ1n) is 9.20. The van der Waals surface area contributed by atoms with Crippen molar-refractivity contribution in [3.05, 3.63) is 0 Å². The van der Waals surface area contributed by atoms with Gasteiger partial charge in [0.2, 0.25) is 0 Å². The van der Waals surface area contributed by atoms with Crippen molar-refractivity contribution in [3.63, 3.8) is 0 Å². The van der Waals surface area contributed by atoms with Crippen LogP contribution in [0.2, 0.25) is 0 Å². The Balaban J connectivity index is 4.54. The molecule has 0 rings (SSSR count). The predicted molar refractivity (Wildman–Crippen MR) is 94.1 cm³/mol. The highest BCUT2D eigenvalue weighted by molar-refractivity contribution is 4.78. The second kappa shape index (κ2) is 14.0. The van der Waals surface area contributed by atoms with E-state index in [2.05, 4.69) is 0 Å². The third kappa shape index (κ3) is 10.6. The Hall–Kier alpha value is -0.240. The summed E-state index contributed by atoms with van der Waals surface area (Å²) in [5.41, 5.74) is -0.353. The Morgan fingerprint density at radius 2 is 0.917 bits per heavy atom. The van der Waals surface area contributed by atoms with Crippen LogP contribution in [-0.2, 0) is 14.2 Å². The van der Waals surface area contributed by atoms with Crippen LogP contribution in [0.4, 0.5) is 0 Å². The molecule has 0 saturated carbocycles. The Bertz CT molecular complexity index is 246. The molecule has 0 bridgehead atoms. The molecule has 0 radical (unpaired) electrons. The van der Waals surface area contributed by atoms with Gasteiger partial charge < -0.3 is 29.5 Å². The Labute approximate surface area is 147 Å². The monoisotopic (exact) mass is 350 g/mol. The first-order valence-corrected chi connectivity index (χ1v) is 9.20. The molecule has 0 aromatic carbocycles. The van der Waals surface area contributed by atoms with Gasteiger partial charge in [0, 0.05) is 5.41 Å². The SMILES string of the molecule is CCC(O)COCC(CC)(COCC(O)CC)COCC(O)CC. The Kier molecular flexibility index (Phi) is 13.8. The molecule has 3 atom stereocenters. The number of ether oxygens (including phenoxy) is 3. The van der Waals surface area contributed by atoms with Crippen LogP contribution >= 0.6 is 0 Å². The van der Waals surface area contributed by atoms with Crippen molar-refractivity contribution in [2.75, 3.05) is 39.6 Å². The molecule has 0 heterocycles. The molecule has 0 amide bonds. The zero-order valence-corrected chi connectivity index (χ0v) is 15.9. The van der Waals surface area contributed by atoms with Gasteiger partial charge in [-0.1, -0.05) is 27.7 Å². The lowest BCUT2D eigenvalue weighted by Crippen LogP contribution is -2.39. The van der Waals surface area contributed by atoms with Gasteiger partial charge in [-0.3, -0.25) is 0 Å². The lowest BCUT2D eigenvalue weighted by atomic mass is 9.88. The van der Waals surface area contributed by atoms with Crippen LogP contribution in [0.15, 0.2) is 0 Å². The Morgan fingerprint density at radius 3 is 1.12 bits per heavy atom. The normalized spacial score (nSPS) is 18.1. The van der Waals surface area contributed by atoms with Gasteiger partial charge in [-0.05, 0) is 25.7 Å². The third-order valence-corrected chi connectivity index (χ3v) is 4.32. The summed E-state index contributed by atoms with van der Waals surface area (Å²) in [6.07, 6.45) is 1.33. The highest BCUT2D eigenvalue weighted by atomic mass is 16.5. The highest BCUT2D eigenvalue weighted by Gasteiger charge is 2.30. The van der Waals surface area contributed by atoms with Gasteiger partial charge in [0.1, 0.15) is 0 Å². The second-order valence-electron chi connectivity index (χ2n) is 6.59. The molecule has 0 spiro atoms. The van der Waals surface area contributed by atoms with Crippen LogP contribution in [-0.4, -0.2) is 73.3 Å². The van der Waals surface area contributed by atoms with E-state index >= 15 is 0 Å². The number of rotatable bonds is 16. The average molecular weight is 350 g/mol. The standard InChI is InChI=1S/C18H38O6/c1-5-15(19)9-22-12-18(8-4,13-23-10-16(20)6-2)14-24-11-17(21)7-3/h15-17,19-21H,5-14H2,1-4H3. The van der Waals surface area contributed by atoms with Gasteiger partial charge in [0.15, 0.2) is 0 Å². The molecule has 6 nitrogen and oxygen atoms in total. The maximum absolute atomic E-state index is 9.64. The van der Waals surface area contributed by atoms with Crippen LogP contribution in [0.3, 0.4) is 0 Å². The fourth-order valence-corrected chi connectivity index (χ4v) is 2.02. The van der Waals surface area contributed by atoms with Crippen LogP contribution in [0.5, 0.6) is 0 Å². The lowest BCUT2D eigenvalue weighted by molar-refractivity contribution is -0.100. The minimum atomic E-state index is -0.467. The summed E-state index contributed by atoms with van der Waals surface area (Å²) in [6, 6.07) is 0. The number of aliphatic hydroxyl groups excluding tert-OH is 3. The van der Waals surface area contributed by atoms with Crippen LogP contribution < -0.4 is 0 Å². The second-order valence-corrected chi connectivity index (χ2v) is 6.59. The molecule has 146 valence electrons. The van der Waals surface area contributed by atoms with Crippen LogP contribution in [0.25, 0.3) is 0 Å². The summed E-state index contributed by atoms with van der Waals surface area (Å²) in [4.78, 5) is 0. The summed E-state index contributed by atoms with van der Waals surface area (Å²) in [7, 11) is 0. The van der Waals surface area contributed by atoms with Crippen molar-refractivity contribution < 1.29 is 29.5 Å². The summed E-state index contributed by atoms with van der Waals surface area (Å²) >= 11 is 0. The molecule has 0 aliphatic carbocycles. The van der Waals surface area contributed by atoms with Gasteiger partial charge >= 0.3 is 0 Å². The number of aliphatic hydroxyl groups is 3. The maximum Gasteiger partial charge on any atom is 0.0771 e. The van der Waals surface area contributed by atoms with Gasteiger partial charge in [0.05, 0.1) is 58.0 Å². The molecule has 6 heteroatoms. The number of hydrogen-bond acceptors (Lipinski definition) is 6. The van der Waals surface area contributed by atoms with Gasteiger partial charge in [-0.25, -0.2) is 0 Å². The molecular formula is C18H38O6. The quantitative estimate of drug-likeness (QED) is 0.393. The summed E-state index contributed by atoms with van der Waals surface area (Å²) < 4.78 is 17.0. The lowest BCUT2D eigenvalue weighted by Gasteiger charge is -2.33. The van der Waals surface area contributed by atoms with E-state index in [4.69, 9.17) is 14.2 Å². The first kappa shape index (κ1) is 23.8. The topological polar surface area (TPSA) is 88.4 Å². The summed E-state index contributed by atoms with van der Waals surface area (Å²) in [6.45, 7) is 9.84.